The zero-order chi connectivity index (χ0) is 10.1. The van der Waals surface area contributed by atoms with Crippen molar-refractivity contribution >= 4 is 5.97 Å². The van der Waals surface area contributed by atoms with Gasteiger partial charge < -0.3 is 10.5 Å². The molecule has 1 aliphatic carbocycles. The molecule has 0 radical (unpaired) electrons. The largest absolute Gasteiger partial charge is 0.469 e. The van der Waals surface area contributed by atoms with Gasteiger partial charge in [0, 0.05) is 6.04 Å². The fourth-order valence-electron chi connectivity index (χ4n) is 2.01. The van der Waals surface area contributed by atoms with Crippen LogP contribution in [0.5, 0.6) is 0 Å². The molecular formula is C11H13NO2. The number of nitrogens with two attached hydrogens (primary N) is 1. The number of hydrogen-bond donors (Lipinski definition) is 1. The monoisotopic (exact) mass is 191 g/mol. The van der Waals surface area contributed by atoms with E-state index in [1.54, 1.807) is 0 Å². The average molecular weight is 191 g/mol. The molecule has 0 aliphatic heterocycles. The van der Waals surface area contributed by atoms with Crippen LogP contribution in [-0.4, -0.2) is 13.1 Å². The molecule has 0 aromatic heterocycles. The molecule has 2 unspecified atom stereocenters. The lowest BCUT2D eigenvalue weighted by molar-refractivity contribution is -0.145. The van der Waals surface area contributed by atoms with Crippen molar-refractivity contribution in [1.29, 1.82) is 0 Å². The van der Waals surface area contributed by atoms with E-state index >= 15 is 0 Å². The van der Waals surface area contributed by atoms with E-state index in [4.69, 9.17) is 10.5 Å². The zero-order valence-electron chi connectivity index (χ0n) is 8.07. The summed E-state index contributed by atoms with van der Waals surface area (Å²) in [5.41, 5.74) is 8.20. The first-order valence-electron chi connectivity index (χ1n) is 4.65. The molecule has 1 aliphatic rings. The summed E-state index contributed by atoms with van der Waals surface area (Å²) in [7, 11) is 1.40. The molecule has 1 aromatic rings. The molecule has 2 N–H and O–H groups in total. The van der Waals surface area contributed by atoms with Gasteiger partial charge in [-0.1, -0.05) is 24.3 Å². The minimum Gasteiger partial charge on any atom is -0.469 e. The highest BCUT2D eigenvalue weighted by Gasteiger charge is 2.35. The number of methoxy groups -OCH3 is 1. The molecule has 0 bridgehead atoms. The Morgan fingerprint density at radius 3 is 2.86 bits per heavy atom. The van der Waals surface area contributed by atoms with Crippen LogP contribution < -0.4 is 5.73 Å². The molecule has 0 amide bonds. The molecule has 0 saturated carbocycles. The van der Waals surface area contributed by atoms with Crippen LogP contribution in [0.3, 0.4) is 0 Å². The van der Waals surface area contributed by atoms with Gasteiger partial charge in [-0.3, -0.25) is 4.79 Å². The summed E-state index contributed by atoms with van der Waals surface area (Å²) in [6.07, 6.45) is 0.698. The highest BCUT2D eigenvalue weighted by Crippen LogP contribution is 2.34. The number of ether oxygens (including phenoxy) is 1. The quantitative estimate of drug-likeness (QED) is 0.674. The lowest BCUT2D eigenvalue weighted by Gasteiger charge is -2.12. The van der Waals surface area contributed by atoms with E-state index < -0.39 is 0 Å². The second-order valence-corrected chi connectivity index (χ2v) is 3.56. The lowest BCUT2D eigenvalue weighted by atomic mass is 10.0. The predicted octanol–water partition coefficient (Wildman–Crippen LogP) is 1.03. The van der Waals surface area contributed by atoms with Crippen LogP contribution in [0.4, 0.5) is 0 Å². The highest BCUT2D eigenvalue weighted by molar-refractivity contribution is 5.75. The summed E-state index contributed by atoms with van der Waals surface area (Å²) in [6.45, 7) is 0. The number of rotatable bonds is 1. The minimum absolute atomic E-state index is 0.210. The molecule has 3 heteroatoms. The Morgan fingerprint density at radius 1 is 1.50 bits per heavy atom. The maximum atomic E-state index is 11.4. The Labute approximate surface area is 82.9 Å². The van der Waals surface area contributed by atoms with Crippen molar-refractivity contribution in [2.75, 3.05) is 7.11 Å². The number of esters is 1. The van der Waals surface area contributed by atoms with Gasteiger partial charge in [-0.25, -0.2) is 0 Å². The summed E-state index contributed by atoms with van der Waals surface area (Å²) >= 11 is 0. The Balaban J connectivity index is 2.30. The van der Waals surface area contributed by atoms with Gasteiger partial charge in [-0.15, -0.1) is 0 Å². The summed E-state index contributed by atoms with van der Waals surface area (Å²) in [4.78, 5) is 11.4. The van der Waals surface area contributed by atoms with Gasteiger partial charge in [0.2, 0.25) is 0 Å². The fourth-order valence-corrected chi connectivity index (χ4v) is 2.01. The van der Waals surface area contributed by atoms with E-state index in [2.05, 4.69) is 0 Å². The van der Waals surface area contributed by atoms with E-state index in [1.807, 2.05) is 24.3 Å². The predicted molar refractivity (Wildman–Crippen MR) is 52.6 cm³/mol. The van der Waals surface area contributed by atoms with Gasteiger partial charge in [0.25, 0.3) is 0 Å². The molecule has 3 nitrogen and oxygen atoms in total. The first-order valence-corrected chi connectivity index (χ1v) is 4.65. The number of fused-ring (bicyclic) bond motifs is 1. The first-order chi connectivity index (χ1) is 6.74. The number of carbonyl (C=O) groups is 1. The summed E-state index contributed by atoms with van der Waals surface area (Å²) in [6, 6.07) is 7.68. The van der Waals surface area contributed by atoms with Crippen molar-refractivity contribution in [3.63, 3.8) is 0 Å². The topological polar surface area (TPSA) is 52.3 Å². The van der Waals surface area contributed by atoms with Gasteiger partial charge in [0.1, 0.15) is 0 Å². The van der Waals surface area contributed by atoms with E-state index in [0.717, 1.165) is 11.1 Å². The first kappa shape index (κ1) is 9.21. The molecule has 0 saturated heterocycles. The van der Waals surface area contributed by atoms with E-state index in [-0.39, 0.29) is 17.9 Å². The van der Waals surface area contributed by atoms with E-state index in [1.165, 1.54) is 7.11 Å². The van der Waals surface area contributed by atoms with Crippen LogP contribution in [0, 0.1) is 5.92 Å². The van der Waals surface area contributed by atoms with Gasteiger partial charge >= 0.3 is 5.97 Å². The second kappa shape index (κ2) is 3.42. The molecule has 0 fully saturated rings. The number of benzene rings is 1. The molecule has 14 heavy (non-hydrogen) atoms. The van der Waals surface area contributed by atoms with Crippen LogP contribution in [-0.2, 0) is 16.0 Å². The SMILES string of the molecule is COC(=O)C1Cc2ccccc2C1N. The van der Waals surface area contributed by atoms with Crippen molar-refractivity contribution in [2.24, 2.45) is 11.7 Å². The van der Waals surface area contributed by atoms with Crippen LogP contribution in [0.1, 0.15) is 17.2 Å². The molecule has 2 atom stereocenters. The summed E-state index contributed by atoms with van der Waals surface area (Å²) in [5, 5.41) is 0. The van der Waals surface area contributed by atoms with Crippen molar-refractivity contribution in [3.05, 3.63) is 35.4 Å². The van der Waals surface area contributed by atoms with Gasteiger partial charge in [0.05, 0.1) is 13.0 Å². The molecule has 0 heterocycles. The van der Waals surface area contributed by atoms with Gasteiger partial charge in [0.15, 0.2) is 0 Å². The Hall–Kier alpha value is -1.35. The van der Waals surface area contributed by atoms with Crippen LogP contribution in [0.2, 0.25) is 0 Å². The molecule has 2 rings (SSSR count). The van der Waals surface area contributed by atoms with Crippen molar-refractivity contribution < 1.29 is 9.53 Å². The lowest BCUT2D eigenvalue weighted by Crippen LogP contribution is -2.25. The van der Waals surface area contributed by atoms with Gasteiger partial charge in [-0.2, -0.15) is 0 Å². The fraction of sp³-hybridized carbons (Fsp3) is 0.364. The minimum atomic E-state index is -0.214. The maximum Gasteiger partial charge on any atom is 0.310 e. The number of carbonyl (C=O) groups excluding carboxylic acids is 1. The summed E-state index contributed by atoms with van der Waals surface area (Å²) in [5.74, 6) is -0.425. The van der Waals surface area contributed by atoms with Crippen LogP contribution >= 0.6 is 0 Å². The van der Waals surface area contributed by atoms with Crippen molar-refractivity contribution in [2.45, 2.75) is 12.5 Å². The third-order valence-electron chi connectivity index (χ3n) is 2.79. The van der Waals surface area contributed by atoms with Crippen molar-refractivity contribution in [3.8, 4) is 0 Å². The molecule has 74 valence electrons. The normalized spacial score (nSPS) is 24.4. The molecule has 0 spiro atoms. The molecule has 1 aromatic carbocycles. The molecular weight excluding hydrogens is 178 g/mol. The van der Waals surface area contributed by atoms with Crippen molar-refractivity contribution in [1.82, 2.24) is 0 Å². The standard InChI is InChI=1S/C11H13NO2/c1-14-11(13)9-6-7-4-2-3-5-8(7)10(9)12/h2-5,9-10H,6,12H2,1H3. The second-order valence-electron chi connectivity index (χ2n) is 3.56. The van der Waals surface area contributed by atoms with Crippen LogP contribution in [0.25, 0.3) is 0 Å². The highest BCUT2D eigenvalue weighted by atomic mass is 16.5. The Morgan fingerprint density at radius 2 is 2.21 bits per heavy atom. The maximum absolute atomic E-state index is 11.4. The summed E-state index contributed by atoms with van der Waals surface area (Å²) < 4.78 is 4.72. The van der Waals surface area contributed by atoms with Gasteiger partial charge in [-0.05, 0) is 17.5 Å². The zero-order valence-corrected chi connectivity index (χ0v) is 8.07. The third-order valence-corrected chi connectivity index (χ3v) is 2.79. The Bertz CT molecular complexity index is 362. The van der Waals surface area contributed by atoms with Crippen LogP contribution in [0.15, 0.2) is 24.3 Å². The van der Waals surface area contributed by atoms with E-state index in [0.29, 0.717) is 6.42 Å². The average Bonchev–Trinajstić information content (AvgIpc) is 2.56. The third kappa shape index (κ3) is 1.30. The Kier molecular flexibility index (Phi) is 2.25. The smallest absolute Gasteiger partial charge is 0.310 e. The number of hydrogen-bond acceptors (Lipinski definition) is 3. The van der Waals surface area contributed by atoms with E-state index in [9.17, 15) is 4.79 Å².